The zero-order valence-corrected chi connectivity index (χ0v) is 23.3. The molecule has 1 aromatic heterocycles. The number of rotatable bonds is 9. The van der Waals surface area contributed by atoms with Crippen LogP contribution in [0.15, 0.2) is 164 Å². The van der Waals surface area contributed by atoms with Gasteiger partial charge in [-0.1, -0.05) is 127 Å². The van der Waals surface area contributed by atoms with E-state index in [9.17, 15) is 4.79 Å². The Hall–Kier alpha value is -5.28. The van der Waals surface area contributed by atoms with Crippen LogP contribution in [0.5, 0.6) is 0 Å². The summed E-state index contributed by atoms with van der Waals surface area (Å²) in [4.78, 5) is 13.7. The molecule has 42 heavy (non-hydrogen) atoms. The largest absolute Gasteiger partial charge is 0.458 e. The van der Waals surface area contributed by atoms with E-state index in [1.165, 1.54) is 0 Å². The van der Waals surface area contributed by atoms with Gasteiger partial charge in [0, 0.05) is 23.3 Å². The quantitative estimate of drug-likeness (QED) is 0.135. The summed E-state index contributed by atoms with van der Waals surface area (Å²) in [5.41, 5.74) is 8.46. The lowest BCUT2D eigenvalue weighted by atomic mass is 9.91. The molecule has 0 atom stereocenters. The summed E-state index contributed by atoms with van der Waals surface area (Å²) in [6.45, 7) is 0.746. The van der Waals surface area contributed by atoms with Crippen LogP contribution in [0, 0.1) is 0 Å². The highest BCUT2D eigenvalue weighted by Crippen LogP contribution is 2.30. The smallest absolute Gasteiger partial charge is 0.318 e. The van der Waals surface area contributed by atoms with Gasteiger partial charge in [0.1, 0.15) is 5.92 Å². The van der Waals surface area contributed by atoms with E-state index in [1.54, 1.807) is 0 Å². The summed E-state index contributed by atoms with van der Waals surface area (Å²) in [6, 6.07) is 55.4. The molecular formula is C39H32NO2+. The molecule has 0 amide bonds. The molecule has 6 rings (SSSR count). The third-order valence-electron chi connectivity index (χ3n) is 7.47. The summed E-state index contributed by atoms with van der Waals surface area (Å²) in [5.74, 6) is -0.739. The highest BCUT2D eigenvalue weighted by atomic mass is 16.5. The molecule has 0 aliphatic heterocycles. The molecule has 1 heterocycles. The Morgan fingerprint density at radius 1 is 0.500 bits per heavy atom. The molecule has 0 saturated carbocycles. The molecule has 5 aromatic carbocycles. The maximum Gasteiger partial charge on any atom is 0.318 e. The number of ether oxygens (including phenoxy) is 1. The summed E-state index contributed by atoms with van der Waals surface area (Å²) in [5, 5.41) is 0. The van der Waals surface area contributed by atoms with E-state index in [0.29, 0.717) is 6.54 Å². The van der Waals surface area contributed by atoms with Gasteiger partial charge in [-0.15, -0.1) is 0 Å². The van der Waals surface area contributed by atoms with Crippen molar-refractivity contribution in [3.8, 4) is 33.6 Å². The molecule has 0 radical (unpaired) electrons. The van der Waals surface area contributed by atoms with E-state index >= 15 is 0 Å². The zero-order chi connectivity index (χ0) is 28.6. The van der Waals surface area contributed by atoms with Gasteiger partial charge >= 0.3 is 5.97 Å². The van der Waals surface area contributed by atoms with E-state index < -0.39 is 5.92 Å². The summed E-state index contributed by atoms with van der Waals surface area (Å²) < 4.78 is 8.32. The lowest BCUT2D eigenvalue weighted by molar-refractivity contribution is -0.676. The molecule has 0 fully saturated rings. The van der Waals surface area contributed by atoms with Crippen LogP contribution in [-0.2, 0) is 16.1 Å². The number of hydrogen-bond acceptors (Lipinski definition) is 2. The second-order valence-corrected chi connectivity index (χ2v) is 10.2. The summed E-state index contributed by atoms with van der Waals surface area (Å²) in [7, 11) is 0. The number of carbonyl (C=O) groups is 1. The summed E-state index contributed by atoms with van der Waals surface area (Å²) in [6.07, 6.45) is 0. The van der Waals surface area contributed by atoms with Gasteiger partial charge in [-0.2, -0.15) is 4.57 Å². The predicted octanol–water partition coefficient (Wildman–Crippen LogP) is 8.35. The van der Waals surface area contributed by atoms with Gasteiger partial charge in [0.2, 0.25) is 11.4 Å². The molecule has 0 bridgehead atoms. The van der Waals surface area contributed by atoms with E-state index in [2.05, 4.69) is 89.5 Å². The zero-order valence-electron chi connectivity index (χ0n) is 23.3. The average molecular weight is 547 g/mol. The molecule has 204 valence electrons. The van der Waals surface area contributed by atoms with Crippen molar-refractivity contribution < 1.29 is 14.1 Å². The van der Waals surface area contributed by atoms with Gasteiger partial charge in [0.25, 0.3) is 0 Å². The van der Waals surface area contributed by atoms with Gasteiger partial charge in [0.05, 0.1) is 0 Å². The van der Waals surface area contributed by atoms with Crippen LogP contribution in [0.2, 0.25) is 0 Å². The average Bonchev–Trinajstić information content (AvgIpc) is 3.07. The lowest BCUT2D eigenvalue weighted by Crippen LogP contribution is -2.41. The van der Waals surface area contributed by atoms with Crippen LogP contribution in [-0.4, -0.2) is 12.6 Å². The minimum atomic E-state index is -0.486. The third-order valence-corrected chi connectivity index (χ3v) is 7.47. The van der Waals surface area contributed by atoms with Gasteiger partial charge < -0.3 is 4.74 Å². The Balaban J connectivity index is 1.38. The maximum absolute atomic E-state index is 13.7. The van der Waals surface area contributed by atoms with Gasteiger partial charge in [-0.05, 0) is 46.5 Å². The number of hydrogen-bond donors (Lipinski definition) is 0. The first-order valence-electron chi connectivity index (χ1n) is 14.3. The minimum Gasteiger partial charge on any atom is -0.458 e. The number of nitrogens with zero attached hydrogens (tertiary/aromatic N) is 1. The number of esters is 1. The number of carbonyl (C=O) groups excluding carboxylic acids is 1. The first-order chi connectivity index (χ1) is 20.8. The topological polar surface area (TPSA) is 30.2 Å². The normalized spacial score (nSPS) is 10.9. The van der Waals surface area contributed by atoms with Gasteiger partial charge in [-0.25, -0.2) is 0 Å². The van der Waals surface area contributed by atoms with E-state index in [-0.39, 0.29) is 12.6 Å². The SMILES string of the molecule is O=C(OCC[n+]1c(-c2ccccc2)cc(-c2ccccc2)cc1-c1ccccc1)C(c1ccccc1)c1ccccc1. The number of aromatic nitrogens is 1. The predicted molar refractivity (Wildman–Crippen MR) is 169 cm³/mol. The van der Waals surface area contributed by atoms with Crippen LogP contribution in [0.3, 0.4) is 0 Å². The van der Waals surface area contributed by atoms with Crippen molar-refractivity contribution in [2.24, 2.45) is 0 Å². The molecule has 3 heteroatoms. The van der Waals surface area contributed by atoms with Crippen LogP contribution >= 0.6 is 0 Å². The second kappa shape index (κ2) is 12.9. The van der Waals surface area contributed by atoms with E-state index in [4.69, 9.17) is 4.74 Å². The highest BCUT2D eigenvalue weighted by Gasteiger charge is 2.26. The van der Waals surface area contributed by atoms with E-state index in [1.807, 2.05) is 78.9 Å². The molecular weight excluding hydrogens is 514 g/mol. The van der Waals surface area contributed by atoms with Crippen LogP contribution in [0.4, 0.5) is 0 Å². The van der Waals surface area contributed by atoms with Crippen LogP contribution < -0.4 is 4.57 Å². The van der Waals surface area contributed by atoms with Crippen molar-refractivity contribution >= 4 is 5.97 Å². The first-order valence-corrected chi connectivity index (χ1v) is 14.3. The third kappa shape index (κ3) is 6.06. The molecule has 0 N–H and O–H groups in total. The molecule has 0 aliphatic carbocycles. The Bertz CT molecular complexity index is 1640. The lowest BCUT2D eigenvalue weighted by Gasteiger charge is -2.17. The highest BCUT2D eigenvalue weighted by molar-refractivity contribution is 5.82. The van der Waals surface area contributed by atoms with E-state index in [0.717, 1.165) is 44.8 Å². The second-order valence-electron chi connectivity index (χ2n) is 10.2. The standard InChI is InChI=1S/C39H32NO2/c41-39(38(33-22-12-4-13-23-33)34-24-14-5-15-25-34)42-27-26-40-36(31-18-8-2-9-19-31)28-35(30-16-6-1-7-17-30)29-37(40)32-20-10-3-11-21-32/h1-25,28-29,38H,26-27H2/q+1. The molecule has 6 aromatic rings. The molecule has 0 saturated heterocycles. The van der Waals surface area contributed by atoms with Crippen molar-refractivity contribution in [1.82, 2.24) is 0 Å². The fourth-order valence-corrected chi connectivity index (χ4v) is 5.43. The summed E-state index contributed by atoms with van der Waals surface area (Å²) >= 11 is 0. The fourth-order valence-electron chi connectivity index (χ4n) is 5.43. The number of benzene rings is 5. The molecule has 0 aliphatic rings. The van der Waals surface area contributed by atoms with Crippen LogP contribution in [0.25, 0.3) is 33.6 Å². The Kier molecular flexibility index (Phi) is 8.28. The Morgan fingerprint density at radius 3 is 1.31 bits per heavy atom. The Labute approximate surface area is 247 Å². The molecule has 3 nitrogen and oxygen atoms in total. The monoisotopic (exact) mass is 546 g/mol. The van der Waals surface area contributed by atoms with Gasteiger partial charge in [0.15, 0.2) is 13.2 Å². The Morgan fingerprint density at radius 2 is 0.881 bits per heavy atom. The maximum atomic E-state index is 13.7. The first kappa shape index (κ1) is 26.9. The molecule has 0 unspecified atom stereocenters. The van der Waals surface area contributed by atoms with Crippen molar-refractivity contribution in [3.63, 3.8) is 0 Å². The fraction of sp³-hybridized carbons (Fsp3) is 0.0769. The van der Waals surface area contributed by atoms with Crippen molar-refractivity contribution in [2.45, 2.75) is 12.5 Å². The van der Waals surface area contributed by atoms with Crippen molar-refractivity contribution in [2.75, 3.05) is 6.61 Å². The van der Waals surface area contributed by atoms with Crippen molar-refractivity contribution in [1.29, 1.82) is 0 Å². The minimum absolute atomic E-state index is 0.240. The van der Waals surface area contributed by atoms with Crippen molar-refractivity contribution in [3.05, 3.63) is 175 Å². The van der Waals surface area contributed by atoms with Gasteiger partial charge in [-0.3, -0.25) is 4.79 Å². The molecule has 0 spiro atoms. The number of pyridine rings is 1. The van der Waals surface area contributed by atoms with Crippen LogP contribution in [0.1, 0.15) is 17.0 Å².